The van der Waals surface area contributed by atoms with E-state index in [2.05, 4.69) is 4.98 Å². The summed E-state index contributed by atoms with van der Waals surface area (Å²) in [5, 5.41) is 8.52. The number of nitrogens with two attached hydrogens (primary N) is 1. The van der Waals surface area contributed by atoms with Gasteiger partial charge >= 0.3 is 0 Å². The average molecular weight is 163 g/mol. The minimum atomic E-state index is -0.252. The molecule has 0 fully saturated rings. The lowest BCUT2D eigenvalue weighted by molar-refractivity contribution is 0.912. The van der Waals surface area contributed by atoms with E-state index in [1.807, 2.05) is 6.07 Å². The number of nitrogens with one attached hydrogen (secondary N) is 1. The van der Waals surface area contributed by atoms with E-state index in [-0.39, 0.29) is 5.56 Å². The molecule has 1 rings (SSSR count). The van der Waals surface area contributed by atoms with Gasteiger partial charge in [0.2, 0.25) is 5.56 Å². The van der Waals surface area contributed by atoms with Crippen LogP contribution >= 0.6 is 0 Å². The molecule has 0 saturated heterocycles. The fourth-order valence-electron chi connectivity index (χ4n) is 0.956. The van der Waals surface area contributed by atoms with Crippen molar-refractivity contribution >= 4 is 0 Å². The van der Waals surface area contributed by atoms with E-state index >= 15 is 0 Å². The van der Waals surface area contributed by atoms with Crippen LogP contribution in [0.25, 0.3) is 0 Å². The molecule has 0 spiro atoms. The Kier molecular flexibility index (Phi) is 2.62. The van der Waals surface area contributed by atoms with Crippen LogP contribution in [-0.2, 0) is 6.42 Å². The summed E-state index contributed by atoms with van der Waals surface area (Å²) in [6.07, 6.45) is 0.588. The second-order valence-electron chi connectivity index (χ2n) is 2.41. The van der Waals surface area contributed by atoms with Gasteiger partial charge in [0.15, 0.2) is 0 Å². The fourth-order valence-corrected chi connectivity index (χ4v) is 0.956. The lowest BCUT2D eigenvalue weighted by atomic mass is 10.2. The predicted octanol–water partition coefficient (Wildman–Crippen LogP) is -0.252. The van der Waals surface area contributed by atoms with Crippen molar-refractivity contribution in [1.82, 2.24) is 4.98 Å². The fraction of sp³-hybridized carbons (Fsp3) is 0.250. The van der Waals surface area contributed by atoms with E-state index in [4.69, 9.17) is 11.0 Å². The molecule has 0 aliphatic carbocycles. The predicted molar refractivity (Wildman–Crippen MR) is 44.5 cm³/mol. The number of aromatic nitrogens is 1. The largest absolute Gasteiger partial charge is 0.330 e. The number of aromatic amines is 1. The zero-order valence-electron chi connectivity index (χ0n) is 6.50. The zero-order valence-corrected chi connectivity index (χ0v) is 6.50. The van der Waals surface area contributed by atoms with Gasteiger partial charge in [-0.3, -0.25) is 4.79 Å². The standard InChI is InChI=1S/C8H9N3O/c9-2-1-7-3-6(5-10)4-8(12)11-7/h3-4H,1-2,9H2,(H,11,12). The van der Waals surface area contributed by atoms with Gasteiger partial charge < -0.3 is 10.7 Å². The van der Waals surface area contributed by atoms with Crippen molar-refractivity contribution in [1.29, 1.82) is 5.26 Å². The maximum absolute atomic E-state index is 10.9. The molecule has 1 heterocycles. The molecule has 0 aliphatic rings. The molecule has 0 radical (unpaired) electrons. The Hall–Kier alpha value is -1.60. The first-order chi connectivity index (χ1) is 5.76. The molecular weight excluding hydrogens is 154 g/mol. The highest BCUT2D eigenvalue weighted by molar-refractivity contribution is 5.28. The van der Waals surface area contributed by atoms with Gasteiger partial charge in [-0.25, -0.2) is 0 Å². The topological polar surface area (TPSA) is 82.7 Å². The molecule has 0 amide bonds. The van der Waals surface area contributed by atoms with Gasteiger partial charge in [-0.05, 0) is 19.0 Å². The number of nitriles is 1. The first kappa shape index (κ1) is 8.50. The monoisotopic (exact) mass is 163 g/mol. The maximum atomic E-state index is 10.9. The summed E-state index contributed by atoms with van der Waals surface area (Å²) in [6.45, 7) is 0.463. The van der Waals surface area contributed by atoms with Crippen LogP contribution in [0.15, 0.2) is 16.9 Å². The summed E-state index contributed by atoms with van der Waals surface area (Å²) in [7, 11) is 0. The molecule has 3 N–H and O–H groups in total. The zero-order chi connectivity index (χ0) is 8.97. The minimum absolute atomic E-state index is 0.252. The average Bonchev–Trinajstić information content (AvgIpc) is 2.04. The smallest absolute Gasteiger partial charge is 0.249 e. The second kappa shape index (κ2) is 3.69. The van der Waals surface area contributed by atoms with E-state index in [0.29, 0.717) is 24.2 Å². The van der Waals surface area contributed by atoms with Crippen LogP contribution in [-0.4, -0.2) is 11.5 Å². The molecule has 0 aliphatic heterocycles. The summed E-state index contributed by atoms with van der Waals surface area (Å²) < 4.78 is 0. The third kappa shape index (κ3) is 1.94. The third-order valence-corrected chi connectivity index (χ3v) is 1.44. The van der Waals surface area contributed by atoms with E-state index in [0.717, 1.165) is 0 Å². The summed E-state index contributed by atoms with van der Waals surface area (Å²) in [5.74, 6) is 0. The molecule has 0 unspecified atom stereocenters. The van der Waals surface area contributed by atoms with Crippen LogP contribution in [0.4, 0.5) is 0 Å². The molecule has 12 heavy (non-hydrogen) atoms. The lowest BCUT2D eigenvalue weighted by Crippen LogP contribution is -2.12. The van der Waals surface area contributed by atoms with E-state index in [1.54, 1.807) is 6.07 Å². The quantitative estimate of drug-likeness (QED) is 0.630. The van der Waals surface area contributed by atoms with Crippen LogP contribution in [0, 0.1) is 11.3 Å². The number of rotatable bonds is 2. The van der Waals surface area contributed by atoms with Crippen molar-refractivity contribution in [3.63, 3.8) is 0 Å². The van der Waals surface area contributed by atoms with Gasteiger partial charge in [0.25, 0.3) is 0 Å². The summed E-state index contributed by atoms with van der Waals surface area (Å²) in [4.78, 5) is 13.5. The first-order valence-corrected chi connectivity index (χ1v) is 3.59. The number of pyridine rings is 1. The summed E-state index contributed by atoms with van der Waals surface area (Å²) >= 11 is 0. The molecule has 0 aromatic carbocycles. The van der Waals surface area contributed by atoms with Crippen molar-refractivity contribution < 1.29 is 0 Å². The summed E-state index contributed by atoms with van der Waals surface area (Å²) in [6, 6.07) is 4.80. The van der Waals surface area contributed by atoms with Gasteiger partial charge in [-0.15, -0.1) is 0 Å². The lowest BCUT2D eigenvalue weighted by Gasteiger charge is -1.97. The van der Waals surface area contributed by atoms with Crippen molar-refractivity contribution in [3.8, 4) is 6.07 Å². The molecule has 62 valence electrons. The number of hydrogen-bond donors (Lipinski definition) is 2. The Balaban J connectivity index is 3.09. The highest BCUT2D eigenvalue weighted by Gasteiger charge is 1.96. The third-order valence-electron chi connectivity index (χ3n) is 1.44. The van der Waals surface area contributed by atoms with Gasteiger partial charge in [0, 0.05) is 11.8 Å². The van der Waals surface area contributed by atoms with Crippen molar-refractivity contribution in [2.24, 2.45) is 5.73 Å². The molecule has 0 atom stereocenters. The van der Waals surface area contributed by atoms with Gasteiger partial charge in [0.05, 0.1) is 11.6 Å². The Labute approximate surface area is 69.6 Å². The van der Waals surface area contributed by atoms with E-state index in [9.17, 15) is 4.79 Å². The highest BCUT2D eigenvalue weighted by Crippen LogP contribution is 1.96. The molecular formula is C8H9N3O. The minimum Gasteiger partial charge on any atom is -0.330 e. The van der Waals surface area contributed by atoms with Gasteiger partial charge in [-0.2, -0.15) is 5.26 Å². The molecule has 1 aromatic rings. The SMILES string of the molecule is N#Cc1cc(CCN)[nH]c(=O)c1. The van der Waals surface area contributed by atoms with E-state index in [1.165, 1.54) is 6.07 Å². The van der Waals surface area contributed by atoms with Gasteiger partial charge in [-0.1, -0.05) is 0 Å². The molecule has 1 aromatic heterocycles. The Morgan fingerprint density at radius 3 is 2.92 bits per heavy atom. The Morgan fingerprint density at radius 2 is 2.33 bits per heavy atom. The molecule has 0 bridgehead atoms. The maximum Gasteiger partial charge on any atom is 0.249 e. The van der Waals surface area contributed by atoms with Crippen LogP contribution in [0.5, 0.6) is 0 Å². The highest BCUT2D eigenvalue weighted by atomic mass is 16.1. The Morgan fingerprint density at radius 1 is 1.58 bits per heavy atom. The van der Waals surface area contributed by atoms with Crippen LogP contribution in [0.3, 0.4) is 0 Å². The van der Waals surface area contributed by atoms with Gasteiger partial charge in [0.1, 0.15) is 0 Å². The van der Waals surface area contributed by atoms with Crippen LogP contribution in [0.2, 0.25) is 0 Å². The van der Waals surface area contributed by atoms with Crippen molar-refractivity contribution in [2.45, 2.75) is 6.42 Å². The molecule has 4 nitrogen and oxygen atoms in total. The normalized spacial score (nSPS) is 9.33. The van der Waals surface area contributed by atoms with Crippen molar-refractivity contribution in [3.05, 3.63) is 33.7 Å². The number of hydrogen-bond acceptors (Lipinski definition) is 3. The van der Waals surface area contributed by atoms with Crippen LogP contribution < -0.4 is 11.3 Å². The van der Waals surface area contributed by atoms with E-state index < -0.39 is 0 Å². The summed E-state index contributed by atoms with van der Waals surface area (Å²) in [5.41, 5.74) is 6.13. The van der Waals surface area contributed by atoms with Crippen LogP contribution in [0.1, 0.15) is 11.3 Å². The number of H-pyrrole nitrogens is 1. The second-order valence-corrected chi connectivity index (χ2v) is 2.41. The first-order valence-electron chi connectivity index (χ1n) is 3.59. The Bertz CT molecular complexity index is 361. The van der Waals surface area contributed by atoms with Crippen molar-refractivity contribution in [2.75, 3.05) is 6.54 Å². The number of nitrogens with zero attached hydrogens (tertiary/aromatic N) is 1. The molecule has 4 heteroatoms. The molecule has 0 saturated carbocycles.